The number of allylic oxidation sites excluding steroid dienone is 1. The van der Waals surface area contributed by atoms with E-state index in [1.165, 1.54) is 0 Å². The molecule has 2 nitrogen and oxygen atoms in total. The highest BCUT2D eigenvalue weighted by atomic mass is 16.5. The lowest BCUT2D eigenvalue weighted by Gasteiger charge is -2.07. The number of hydrogen-bond donors (Lipinski definition) is 0. The van der Waals surface area contributed by atoms with Crippen LogP contribution in [-0.2, 0) is 9.53 Å². The Morgan fingerprint density at radius 1 is 1.33 bits per heavy atom. The third-order valence-corrected chi connectivity index (χ3v) is 2.31. The zero-order valence-electron chi connectivity index (χ0n) is 11.1. The second-order valence-electron chi connectivity index (χ2n) is 4.61. The molecule has 1 aromatic rings. The maximum absolute atomic E-state index is 11.5. The van der Waals surface area contributed by atoms with Crippen molar-refractivity contribution in [1.82, 2.24) is 0 Å². The first-order valence-corrected chi connectivity index (χ1v) is 6.16. The lowest BCUT2D eigenvalue weighted by atomic mass is 10.1. The minimum absolute atomic E-state index is 0.304. The fraction of sp³-hybridized carbons (Fsp3) is 0.312. The van der Waals surface area contributed by atoms with Gasteiger partial charge in [0.25, 0.3) is 0 Å². The second-order valence-corrected chi connectivity index (χ2v) is 4.61. The van der Waals surface area contributed by atoms with E-state index >= 15 is 0 Å². The van der Waals surface area contributed by atoms with E-state index in [1.54, 1.807) is 0 Å². The van der Waals surface area contributed by atoms with Crippen molar-refractivity contribution in [3.8, 4) is 0 Å². The smallest absolute Gasteiger partial charge is 0.333 e. The molecular formula is C16H20O2. The minimum atomic E-state index is -0.304. The lowest BCUT2D eigenvalue weighted by molar-refractivity contribution is -0.140. The quantitative estimate of drug-likeness (QED) is 0.561. The zero-order valence-corrected chi connectivity index (χ0v) is 11.1. The van der Waals surface area contributed by atoms with Crippen LogP contribution in [-0.4, -0.2) is 12.6 Å². The molecule has 0 N–H and O–H groups in total. The molecule has 18 heavy (non-hydrogen) atoms. The van der Waals surface area contributed by atoms with E-state index in [4.69, 9.17) is 4.74 Å². The van der Waals surface area contributed by atoms with E-state index in [1.807, 2.05) is 56.3 Å². The molecular weight excluding hydrogens is 224 g/mol. The van der Waals surface area contributed by atoms with Gasteiger partial charge in [0.1, 0.15) is 0 Å². The molecule has 0 aromatic heterocycles. The van der Waals surface area contributed by atoms with Crippen LogP contribution in [0.25, 0.3) is 6.08 Å². The summed E-state index contributed by atoms with van der Waals surface area (Å²) in [5, 5.41) is 0. The van der Waals surface area contributed by atoms with E-state index in [9.17, 15) is 4.79 Å². The highest BCUT2D eigenvalue weighted by Crippen LogP contribution is 2.07. The molecule has 0 saturated heterocycles. The molecule has 1 aromatic carbocycles. The number of benzene rings is 1. The Morgan fingerprint density at radius 2 is 2.00 bits per heavy atom. The van der Waals surface area contributed by atoms with Crippen LogP contribution in [0.5, 0.6) is 0 Å². The summed E-state index contributed by atoms with van der Waals surface area (Å²) < 4.78 is 5.10. The molecule has 0 amide bonds. The Hall–Kier alpha value is -1.83. The predicted octanol–water partition coefficient (Wildman–Crippen LogP) is 3.85. The van der Waals surface area contributed by atoms with Crippen LogP contribution in [0.1, 0.15) is 25.8 Å². The van der Waals surface area contributed by atoms with Crippen molar-refractivity contribution >= 4 is 12.0 Å². The van der Waals surface area contributed by atoms with Crippen molar-refractivity contribution in [3.05, 3.63) is 54.1 Å². The van der Waals surface area contributed by atoms with Gasteiger partial charge in [0.15, 0.2) is 0 Å². The Bertz CT molecular complexity index is 416. The van der Waals surface area contributed by atoms with E-state index in [-0.39, 0.29) is 5.97 Å². The summed E-state index contributed by atoms with van der Waals surface area (Å²) in [5.74, 6) is 0.0445. The molecule has 0 radical (unpaired) electrons. The first-order chi connectivity index (χ1) is 8.59. The number of hydrogen-bond acceptors (Lipinski definition) is 2. The highest BCUT2D eigenvalue weighted by molar-refractivity contribution is 5.88. The van der Waals surface area contributed by atoms with Crippen LogP contribution in [0.3, 0.4) is 0 Å². The molecule has 0 spiro atoms. The molecule has 0 atom stereocenters. The van der Waals surface area contributed by atoms with Crippen molar-refractivity contribution in [2.75, 3.05) is 6.61 Å². The summed E-state index contributed by atoms with van der Waals surface area (Å²) >= 11 is 0. The topological polar surface area (TPSA) is 26.3 Å². The summed E-state index contributed by atoms with van der Waals surface area (Å²) in [4.78, 5) is 11.5. The number of rotatable bonds is 6. The van der Waals surface area contributed by atoms with E-state index in [0.717, 1.165) is 5.56 Å². The third kappa shape index (κ3) is 5.48. The summed E-state index contributed by atoms with van der Waals surface area (Å²) in [5.41, 5.74) is 1.60. The number of ether oxygens (including phenoxy) is 1. The summed E-state index contributed by atoms with van der Waals surface area (Å²) in [6.45, 7) is 8.19. The molecule has 0 aliphatic rings. The van der Waals surface area contributed by atoms with Crippen LogP contribution < -0.4 is 0 Å². The average molecular weight is 244 g/mol. The van der Waals surface area contributed by atoms with Crippen molar-refractivity contribution in [1.29, 1.82) is 0 Å². The molecule has 0 aliphatic carbocycles. The van der Waals surface area contributed by atoms with Crippen molar-refractivity contribution in [2.24, 2.45) is 5.92 Å². The minimum Gasteiger partial charge on any atom is -0.462 e. The molecule has 0 saturated carbocycles. The zero-order chi connectivity index (χ0) is 13.4. The Kier molecular flexibility index (Phi) is 5.92. The van der Waals surface area contributed by atoms with Gasteiger partial charge in [-0.05, 0) is 17.9 Å². The van der Waals surface area contributed by atoms with Gasteiger partial charge in [-0.1, -0.05) is 62.9 Å². The molecule has 2 heteroatoms. The Balaban J connectivity index is 2.37. The Labute approximate surface area is 109 Å². The fourth-order valence-corrected chi connectivity index (χ4v) is 1.33. The van der Waals surface area contributed by atoms with E-state index in [0.29, 0.717) is 24.5 Å². The summed E-state index contributed by atoms with van der Waals surface area (Å²) in [7, 11) is 0. The summed E-state index contributed by atoms with van der Waals surface area (Å²) in [6.07, 6.45) is 4.42. The van der Waals surface area contributed by atoms with Gasteiger partial charge in [-0.25, -0.2) is 4.79 Å². The number of esters is 1. The second kappa shape index (κ2) is 7.49. The van der Waals surface area contributed by atoms with Crippen LogP contribution in [0.15, 0.2) is 48.6 Å². The monoisotopic (exact) mass is 244 g/mol. The van der Waals surface area contributed by atoms with Crippen molar-refractivity contribution in [3.63, 3.8) is 0 Å². The van der Waals surface area contributed by atoms with E-state index < -0.39 is 0 Å². The van der Waals surface area contributed by atoms with Gasteiger partial charge in [0.2, 0.25) is 0 Å². The normalized spacial score (nSPS) is 10.8. The first kappa shape index (κ1) is 14.2. The SMILES string of the molecule is C=C(CC=Cc1ccccc1)C(=O)OCC(C)C. The molecule has 0 fully saturated rings. The molecule has 0 unspecified atom stereocenters. The van der Waals surface area contributed by atoms with E-state index in [2.05, 4.69) is 6.58 Å². The highest BCUT2D eigenvalue weighted by Gasteiger charge is 2.07. The largest absolute Gasteiger partial charge is 0.462 e. The number of carbonyl (C=O) groups is 1. The van der Waals surface area contributed by atoms with Gasteiger partial charge in [0.05, 0.1) is 6.61 Å². The van der Waals surface area contributed by atoms with Gasteiger partial charge in [0, 0.05) is 5.57 Å². The summed E-state index contributed by atoms with van der Waals surface area (Å²) in [6, 6.07) is 9.95. The van der Waals surface area contributed by atoms with Crippen LogP contribution in [0, 0.1) is 5.92 Å². The van der Waals surface area contributed by atoms with Crippen molar-refractivity contribution < 1.29 is 9.53 Å². The predicted molar refractivity (Wildman–Crippen MR) is 75.0 cm³/mol. The van der Waals surface area contributed by atoms with Crippen LogP contribution >= 0.6 is 0 Å². The maximum Gasteiger partial charge on any atom is 0.333 e. The third-order valence-electron chi connectivity index (χ3n) is 2.31. The molecule has 0 bridgehead atoms. The maximum atomic E-state index is 11.5. The fourth-order valence-electron chi connectivity index (χ4n) is 1.33. The van der Waals surface area contributed by atoms with Gasteiger partial charge < -0.3 is 4.74 Å². The van der Waals surface area contributed by atoms with Gasteiger partial charge in [-0.15, -0.1) is 0 Å². The standard InChI is InChI=1S/C16H20O2/c1-13(2)12-18-16(17)14(3)8-7-11-15-9-5-4-6-10-15/h4-7,9-11,13H,3,8,12H2,1-2H3. The molecule has 0 aliphatic heterocycles. The van der Waals surface area contributed by atoms with Gasteiger partial charge in [-0.3, -0.25) is 0 Å². The first-order valence-electron chi connectivity index (χ1n) is 6.16. The molecule has 96 valence electrons. The Morgan fingerprint density at radius 3 is 2.61 bits per heavy atom. The van der Waals surface area contributed by atoms with Crippen molar-refractivity contribution in [2.45, 2.75) is 20.3 Å². The van der Waals surface area contributed by atoms with Gasteiger partial charge in [-0.2, -0.15) is 0 Å². The average Bonchev–Trinajstić information content (AvgIpc) is 2.37. The number of carbonyl (C=O) groups excluding carboxylic acids is 1. The molecule has 1 rings (SSSR count). The molecule has 0 heterocycles. The lowest BCUT2D eigenvalue weighted by Crippen LogP contribution is -2.11. The van der Waals surface area contributed by atoms with Gasteiger partial charge >= 0.3 is 5.97 Å². The van der Waals surface area contributed by atoms with Crippen LogP contribution in [0.2, 0.25) is 0 Å². The van der Waals surface area contributed by atoms with Crippen LogP contribution in [0.4, 0.5) is 0 Å².